The molecule has 1 amide bonds. The molecule has 0 aliphatic rings. The van der Waals surface area contributed by atoms with Gasteiger partial charge in [-0.1, -0.05) is 60.7 Å². The third-order valence-corrected chi connectivity index (χ3v) is 6.38. The highest BCUT2D eigenvalue weighted by atomic mass is 32.2. The van der Waals surface area contributed by atoms with Crippen LogP contribution in [0.1, 0.15) is 21.6 Å². The monoisotopic (exact) mass is 397 g/mol. The highest BCUT2D eigenvalue weighted by molar-refractivity contribution is 7.89. The van der Waals surface area contributed by atoms with Crippen molar-refractivity contribution in [1.82, 2.24) is 8.87 Å². The second-order valence-electron chi connectivity index (χ2n) is 6.60. The number of aromatic nitrogens is 1. The van der Waals surface area contributed by atoms with Crippen molar-refractivity contribution in [2.24, 2.45) is 12.8 Å². The van der Waals surface area contributed by atoms with Gasteiger partial charge in [0.25, 0.3) is 5.91 Å². The number of primary amides is 1. The van der Waals surface area contributed by atoms with E-state index in [1.165, 1.54) is 21.1 Å². The Balaban J connectivity index is 1.91. The van der Waals surface area contributed by atoms with Crippen molar-refractivity contribution in [2.45, 2.75) is 17.9 Å². The van der Waals surface area contributed by atoms with Gasteiger partial charge in [0.1, 0.15) is 10.6 Å². The number of sulfonamides is 1. The van der Waals surface area contributed by atoms with E-state index in [9.17, 15) is 13.2 Å². The number of nitrogens with two attached hydrogens (primary N) is 1. The third kappa shape index (κ3) is 4.49. The standard InChI is InChI=1S/C21H23N3O3S/c1-23-16-19(14-20(23)21(22)25)28(26,27)24(15-18-10-6-3-7-11-18)13-12-17-8-4-2-5-9-17/h2-11,14,16H,12-13,15H2,1H3,(H2,22,25). The number of aryl methyl sites for hydroxylation is 1. The summed E-state index contributed by atoms with van der Waals surface area (Å²) in [6.45, 7) is 0.568. The minimum absolute atomic E-state index is 0.0628. The van der Waals surface area contributed by atoms with Crippen molar-refractivity contribution >= 4 is 15.9 Å². The topological polar surface area (TPSA) is 85.4 Å². The fourth-order valence-corrected chi connectivity index (χ4v) is 4.54. The second kappa shape index (κ2) is 8.41. The van der Waals surface area contributed by atoms with E-state index in [0.717, 1.165) is 11.1 Å². The number of benzene rings is 2. The molecule has 6 nitrogen and oxygen atoms in total. The molecule has 0 aliphatic heterocycles. The molecule has 0 fully saturated rings. The summed E-state index contributed by atoms with van der Waals surface area (Å²) in [5.74, 6) is -0.664. The van der Waals surface area contributed by atoms with Crippen LogP contribution in [0, 0.1) is 0 Å². The van der Waals surface area contributed by atoms with Gasteiger partial charge in [0.05, 0.1) is 0 Å². The number of hydrogen-bond donors (Lipinski definition) is 1. The van der Waals surface area contributed by atoms with E-state index in [-0.39, 0.29) is 17.1 Å². The Morgan fingerprint density at radius 3 is 2.11 bits per heavy atom. The summed E-state index contributed by atoms with van der Waals surface area (Å²) in [6.07, 6.45) is 2.01. The minimum Gasteiger partial charge on any atom is -0.364 e. The number of rotatable bonds is 8. The van der Waals surface area contributed by atoms with Crippen molar-refractivity contribution in [3.63, 3.8) is 0 Å². The largest absolute Gasteiger partial charge is 0.364 e. The van der Waals surface area contributed by atoms with Crippen LogP contribution in [0.5, 0.6) is 0 Å². The quantitative estimate of drug-likeness (QED) is 0.634. The lowest BCUT2D eigenvalue weighted by Gasteiger charge is -2.22. The molecule has 0 bridgehead atoms. The van der Waals surface area contributed by atoms with Gasteiger partial charge in [-0.05, 0) is 23.6 Å². The van der Waals surface area contributed by atoms with Crippen molar-refractivity contribution in [3.05, 3.63) is 89.7 Å². The Hall–Kier alpha value is -2.90. The predicted octanol–water partition coefficient (Wildman–Crippen LogP) is 2.56. The van der Waals surface area contributed by atoms with Crippen LogP contribution in [-0.2, 0) is 30.0 Å². The maximum atomic E-state index is 13.3. The van der Waals surface area contributed by atoms with Crippen LogP contribution in [0.2, 0.25) is 0 Å². The lowest BCUT2D eigenvalue weighted by molar-refractivity contribution is 0.0992. The fourth-order valence-electron chi connectivity index (χ4n) is 3.04. The number of amides is 1. The summed E-state index contributed by atoms with van der Waals surface area (Å²) in [5, 5.41) is 0. The van der Waals surface area contributed by atoms with E-state index in [0.29, 0.717) is 13.0 Å². The zero-order valence-corrected chi connectivity index (χ0v) is 16.5. The maximum Gasteiger partial charge on any atom is 0.265 e. The van der Waals surface area contributed by atoms with Gasteiger partial charge in [0.2, 0.25) is 10.0 Å². The lowest BCUT2D eigenvalue weighted by Crippen LogP contribution is -2.32. The Kier molecular flexibility index (Phi) is 5.96. The Morgan fingerprint density at radius 2 is 1.57 bits per heavy atom. The molecule has 146 valence electrons. The zero-order chi connectivity index (χ0) is 20.1. The number of carbonyl (C=O) groups excluding carboxylic acids is 1. The molecule has 3 rings (SSSR count). The number of nitrogens with zero attached hydrogens (tertiary/aromatic N) is 2. The molecule has 28 heavy (non-hydrogen) atoms. The van der Waals surface area contributed by atoms with Crippen LogP contribution >= 0.6 is 0 Å². The third-order valence-electron chi connectivity index (χ3n) is 4.56. The van der Waals surface area contributed by atoms with Gasteiger partial charge in [0, 0.05) is 26.3 Å². The minimum atomic E-state index is -3.80. The molecule has 1 aromatic heterocycles. The summed E-state index contributed by atoms with van der Waals surface area (Å²) < 4.78 is 29.5. The first-order valence-electron chi connectivity index (χ1n) is 8.92. The highest BCUT2D eigenvalue weighted by Crippen LogP contribution is 2.21. The van der Waals surface area contributed by atoms with Gasteiger partial charge in [-0.25, -0.2) is 8.42 Å². The average Bonchev–Trinajstić information content (AvgIpc) is 3.09. The molecule has 0 saturated carbocycles. The molecule has 2 aromatic carbocycles. The fraction of sp³-hybridized carbons (Fsp3) is 0.190. The molecular weight excluding hydrogens is 374 g/mol. The summed E-state index contributed by atoms with van der Waals surface area (Å²) in [6, 6.07) is 20.5. The van der Waals surface area contributed by atoms with Gasteiger partial charge in [-0.15, -0.1) is 0 Å². The van der Waals surface area contributed by atoms with Gasteiger partial charge in [-0.3, -0.25) is 4.79 Å². The first-order valence-corrected chi connectivity index (χ1v) is 10.4. The van der Waals surface area contributed by atoms with Gasteiger partial charge in [0.15, 0.2) is 0 Å². The van der Waals surface area contributed by atoms with Crippen LogP contribution in [0.15, 0.2) is 77.8 Å². The van der Waals surface area contributed by atoms with Crippen LogP contribution < -0.4 is 5.73 Å². The van der Waals surface area contributed by atoms with Gasteiger partial charge in [-0.2, -0.15) is 4.31 Å². The molecular formula is C21H23N3O3S. The average molecular weight is 398 g/mol. The van der Waals surface area contributed by atoms with Crippen LogP contribution in [0.3, 0.4) is 0 Å². The molecule has 0 radical (unpaired) electrons. The number of carbonyl (C=O) groups is 1. The molecule has 0 spiro atoms. The molecule has 1 heterocycles. The molecule has 0 saturated heterocycles. The van der Waals surface area contributed by atoms with Crippen molar-refractivity contribution in [2.75, 3.05) is 6.54 Å². The molecule has 3 aromatic rings. The second-order valence-corrected chi connectivity index (χ2v) is 8.53. The van der Waals surface area contributed by atoms with Crippen molar-refractivity contribution in [1.29, 1.82) is 0 Å². The van der Waals surface area contributed by atoms with Crippen molar-refractivity contribution < 1.29 is 13.2 Å². The van der Waals surface area contributed by atoms with Crippen molar-refractivity contribution in [3.8, 4) is 0 Å². The predicted molar refractivity (Wildman–Crippen MR) is 108 cm³/mol. The first-order chi connectivity index (χ1) is 13.4. The van der Waals surface area contributed by atoms with E-state index < -0.39 is 15.9 Å². The van der Waals surface area contributed by atoms with E-state index >= 15 is 0 Å². The summed E-state index contributed by atoms with van der Waals surface area (Å²) >= 11 is 0. The van der Waals surface area contributed by atoms with E-state index in [1.54, 1.807) is 7.05 Å². The highest BCUT2D eigenvalue weighted by Gasteiger charge is 2.27. The molecule has 2 N–H and O–H groups in total. The lowest BCUT2D eigenvalue weighted by atomic mass is 10.1. The maximum absolute atomic E-state index is 13.3. The summed E-state index contributed by atoms with van der Waals surface area (Å²) in [5.41, 5.74) is 7.44. The zero-order valence-electron chi connectivity index (χ0n) is 15.7. The summed E-state index contributed by atoms with van der Waals surface area (Å²) in [7, 11) is -2.20. The normalized spacial score (nSPS) is 11.6. The Labute approximate surface area is 165 Å². The van der Waals surface area contributed by atoms with Crippen LogP contribution in [0.4, 0.5) is 0 Å². The van der Waals surface area contributed by atoms with E-state index in [1.807, 2.05) is 60.7 Å². The van der Waals surface area contributed by atoms with E-state index in [4.69, 9.17) is 5.73 Å². The first kappa shape index (κ1) is 19.9. The Bertz CT molecular complexity index is 1050. The smallest absolute Gasteiger partial charge is 0.265 e. The van der Waals surface area contributed by atoms with Crippen LogP contribution in [-0.4, -0.2) is 29.7 Å². The molecule has 0 unspecified atom stereocenters. The SMILES string of the molecule is Cn1cc(S(=O)(=O)N(CCc2ccccc2)Cc2ccccc2)cc1C(N)=O. The summed E-state index contributed by atoms with van der Waals surface area (Å²) in [4.78, 5) is 11.6. The number of hydrogen-bond acceptors (Lipinski definition) is 3. The van der Waals surface area contributed by atoms with E-state index in [2.05, 4.69) is 0 Å². The Morgan fingerprint density at radius 1 is 1.00 bits per heavy atom. The van der Waals surface area contributed by atoms with Gasteiger partial charge < -0.3 is 10.3 Å². The van der Waals surface area contributed by atoms with Crippen LogP contribution in [0.25, 0.3) is 0 Å². The van der Waals surface area contributed by atoms with Gasteiger partial charge >= 0.3 is 0 Å². The molecule has 0 aliphatic carbocycles. The molecule has 0 atom stereocenters. The molecule has 7 heteroatoms.